The lowest BCUT2D eigenvalue weighted by molar-refractivity contribution is 0.974. The highest BCUT2D eigenvalue weighted by Gasteiger charge is 2.05. The number of halogens is 1. The summed E-state index contributed by atoms with van der Waals surface area (Å²) in [6.45, 7) is 1.91. The van der Waals surface area contributed by atoms with Crippen LogP contribution in [0.15, 0.2) is 12.3 Å². The molecule has 0 atom stereocenters. The van der Waals surface area contributed by atoms with E-state index in [4.69, 9.17) is 17.4 Å². The molecule has 60 valence electrons. The van der Waals surface area contributed by atoms with E-state index < -0.39 is 0 Å². The van der Waals surface area contributed by atoms with E-state index in [2.05, 4.69) is 4.98 Å². The SMILES string of the molecule is Cc1ccnc(N(C)N)c1Cl. The van der Waals surface area contributed by atoms with Crippen LogP contribution in [0.4, 0.5) is 5.82 Å². The zero-order valence-electron chi connectivity index (χ0n) is 6.50. The molecule has 2 N–H and O–H groups in total. The molecule has 1 aromatic heterocycles. The molecule has 0 saturated carbocycles. The topological polar surface area (TPSA) is 42.2 Å². The minimum absolute atomic E-state index is 0.603. The molecule has 0 aliphatic rings. The van der Waals surface area contributed by atoms with E-state index in [9.17, 15) is 0 Å². The number of anilines is 1. The van der Waals surface area contributed by atoms with Crippen LogP contribution in [0.1, 0.15) is 5.56 Å². The van der Waals surface area contributed by atoms with Gasteiger partial charge in [0.1, 0.15) is 0 Å². The van der Waals surface area contributed by atoms with Gasteiger partial charge in [-0.05, 0) is 18.6 Å². The molecule has 0 saturated heterocycles. The second kappa shape index (κ2) is 3.07. The van der Waals surface area contributed by atoms with Crippen molar-refractivity contribution in [3.63, 3.8) is 0 Å². The van der Waals surface area contributed by atoms with Crippen LogP contribution < -0.4 is 10.9 Å². The van der Waals surface area contributed by atoms with Crippen LogP contribution in [0, 0.1) is 6.92 Å². The van der Waals surface area contributed by atoms with E-state index in [0.717, 1.165) is 5.56 Å². The first-order valence-corrected chi connectivity index (χ1v) is 3.60. The van der Waals surface area contributed by atoms with Crippen molar-refractivity contribution in [1.82, 2.24) is 4.98 Å². The Balaban J connectivity index is 3.17. The lowest BCUT2D eigenvalue weighted by Gasteiger charge is -2.12. The van der Waals surface area contributed by atoms with Gasteiger partial charge in [-0.25, -0.2) is 10.8 Å². The molecule has 1 aromatic rings. The van der Waals surface area contributed by atoms with Crippen molar-refractivity contribution in [2.24, 2.45) is 5.84 Å². The van der Waals surface area contributed by atoms with Gasteiger partial charge >= 0.3 is 0 Å². The second-order valence-corrected chi connectivity index (χ2v) is 2.75. The van der Waals surface area contributed by atoms with Crippen LogP contribution >= 0.6 is 11.6 Å². The number of aryl methyl sites for hydroxylation is 1. The van der Waals surface area contributed by atoms with Gasteiger partial charge in [0.05, 0.1) is 5.02 Å². The molecule has 0 aliphatic heterocycles. The van der Waals surface area contributed by atoms with Gasteiger partial charge in [0.15, 0.2) is 5.82 Å². The fourth-order valence-electron chi connectivity index (χ4n) is 0.772. The van der Waals surface area contributed by atoms with E-state index in [1.165, 1.54) is 5.01 Å². The van der Waals surface area contributed by atoms with E-state index in [1.54, 1.807) is 13.2 Å². The van der Waals surface area contributed by atoms with Crippen molar-refractivity contribution in [3.05, 3.63) is 22.8 Å². The summed E-state index contributed by atoms with van der Waals surface area (Å²) in [5, 5.41) is 2.01. The number of hydrogen-bond acceptors (Lipinski definition) is 3. The summed E-state index contributed by atoms with van der Waals surface area (Å²) >= 11 is 5.90. The summed E-state index contributed by atoms with van der Waals surface area (Å²) in [4.78, 5) is 4.01. The highest BCUT2D eigenvalue weighted by Crippen LogP contribution is 2.23. The zero-order chi connectivity index (χ0) is 8.43. The van der Waals surface area contributed by atoms with Gasteiger partial charge in [0.25, 0.3) is 0 Å². The second-order valence-electron chi connectivity index (χ2n) is 2.38. The number of pyridine rings is 1. The number of aromatic nitrogens is 1. The fourth-order valence-corrected chi connectivity index (χ4v) is 1.02. The van der Waals surface area contributed by atoms with Gasteiger partial charge in [0.2, 0.25) is 0 Å². The number of nitrogens with zero attached hydrogens (tertiary/aromatic N) is 2. The van der Waals surface area contributed by atoms with Gasteiger partial charge < -0.3 is 0 Å². The van der Waals surface area contributed by atoms with Crippen molar-refractivity contribution >= 4 is 17.4 Å². The van der Waals surface area contributed by atoms with E-state index in [1.807, 2.05) is 13.0 Å². The van der Waals surface area contributed by atoms with E-state index >= 15 is 0 Å². The summed E-state index contributed by atoms with van der Waals surface area (Å²) in [7, 11) is 1.70. The zero-order valence-corrected chi connectivity index (χ0v) is 7.26. The number of rotatable bonds is 1. The summed E-state index contributed by atoms with van der Waals surface area (Å²) in [6.07, 6.45) is 1.68. The molecule has 1 rings (SSSR count). The molecule has 0 aliphatic carbocycles. The molecule has 0 fully saturated rings. The summed E-state index contributed by atoms with van der Waals surface area (Å²) in [6, 6.07) is 1.84. The van der Waals surface area contributed by atoms with Gasteiger partial charge in [-0.2, -0.15) is 0 Å². The highest BCUT2D eigenvalue weighted by atomic mass is 35.5. The third kappa shape index (κ3) is 1.61. The number of hydrazine groups is 1. The Morgan fingerprint density at radius 3 is 2.73 bits per heavy atom. The Morgan fingerprint density at radius 1 is 1.64 bits per heavy atom. The van der Waals surface area contributed by atoms with Crippen molar-refractivity contribution in [1.29, 1.82) is 0 Å². The number of hydrogen-bond donors (Lipinski definition) is 1. The minimum Gasteiger partial charge on any atom is -0.297 e. The maximum Gasteiger partial charge on any atom is 0.161 e. The average Bonchev–Trinajstić information content (AvgIpc) is 1.94. The normalized spacial score (nSPS) is 9.82. The Kier molecular flexibility index (Phi) is 2.31. The minimum atomic E-state index is 0.603. The molecule has 1 heterocycles. The van der Waals surface area contributed by atoms with Gasteiger partial charge in [-0.15, -0.1) is 0 Å². The van der Waals surface area contributed by atoms with Crippen molar-refractivity contribution < 1.29 is 0 Å². The monoisotopic (exact) mass is 171 g/mol. The van der Waals surface area contributed by atoms with Crippen LogP contribution in [0.3, 0.4) is 0 Å². The van der Waals surface area contributed by atoms with Gasteiger partial charge in [-0.1, -0.05) is 11.6 Å². The standard InChI is InChI=1S/C7H10ClN3/c1-5-3-4-10-7(6(5)8)11(2)9/h3-4H,9H2,1-2H3. The predicted molar refractivity (Wildman–Crippen MR) is 46.6 cm³/mol. The molecule has 3 nitrogen and oxygen atoms in total. The quantitative estimate of drug-likeness (QED) is 0.513. The first-order chi connectivity index (χ1) is 5.13. The lowest BCUT2D eigenvalue weighted by atomic mass is 10.3. The van der Waals surface area contributed by atoms with E-state index in [0.29, 0.717) is 10.8 Å². The summed E-state index contributed by atoms with van der Waals surface area (Å²) in [5.41, 5.74) is 0.981. The smallest absolute Gasteiger partial charge is 0.161 e. The van der Waals surface area contributed by atoms with Gasteiger partial charge in [-0.3, -0.25) is 5.01 Å². The van der Waals surface area contributed by atoms with Crippen LogP contribution in [-0.4, -0.2) is 12.0 Å². The van der Waals surface area contributed by atoms with Crippen molar-refractivity contribution in [2.75, 3.05) is 12.1 Å². The van der Waals surface area contributed by atoms with E-state index in [-0.39, 0.29) is 0 Å². The number of nitrogens with two attached hydrogens (primary N) is 1. The Bertz CT molecular complexity index is 260. The first kappa shape index (κ1) is 8.30. The molecular weight excluding hydrogens is 162 g/mol. The molecule has 0 unspecified atom stereocenters. The van der Waals surface area contributed by atoms with Crippen LogP contribution in [0.25, 0.3) is 0 Å². The third-order valence-corrected chi connectivity index (χ3v) is 1.87. The Morgan fingerprint density at radius 2 is 2.27 bits per heavy atom. The summed E-state index contributed by atoms with van der Waals surface area (Å²) < 4.78 is 0. The highest BCUT2D eigenvalue weighted by molar-refractivity contribution is 6.33. The molecule has 0 radical (unpaired) electrons. The average molecular weight is 172 g/mol. The van der Waals surface area contributed by atoms with Crippen molar-refractivity contribution in [3.8, 4) is 0 Å². The molecule has 0 amide bonds. The molecule has 0 aromatic carbocycles. The molecule has 0 spiro atoms. The Labute approximate surface area is 70.8 Å². The maximum atomic E-state index is 5.90. The summed E-state index contributed by atoms with van der Waals surface area (Å²) in [5.74, 6) is 6.07. The molecule has 11 heavy (non-hydrogen) atoms. The fraction of sp³-hybridized carbons (Fsp3) is 0.286. The maximum absolute atomic E-state index is 5.90. The first-order valence-electron chi connectivity index (χ1n) is 3.22. The molecule has 4 heteroatoms. The lowest BCUT2D eigenvalue weighted by Crippen LogP contribution is -2.26. The third-order valence-electron chi connectivity index (χ3n) is 1.40. The van der Waals surface area contributed by atoms with Crippen LogP contribution in [0.2, 0.25) is 5.02 Å². The Hall–Kier alpha value is -0.800. The predicted octanol–water partition coefficient (Wildman–Crippen LogP) is 1.35. The molecule has 0 bridgehead atoms. The van der Waals surface area contributed by atoms with Crippen molar-refractivity contribution in [2.45, 2.75) is 6.92 Å². The molecular formula is C7H10ClN3. The van der Waals surface area contributed by atoms with Gasteiger partial charge in [0, 0.05) is 13.2 Å². The van der Waals surface area contributed by atoms with Crippen LogP contribution in [0.5, 0.6) is 0 Å². The largest absolute Gasteiger partial charge is 0.297 e. The van der Waals surface area contributed by atoms with Crippen LogP contribution in [-0.2, 0) is 0 Å².